The monoisotopic (exact) mass is 322 g/mol. The zero-order valence-electron chi connectivity index (χ0n) is 9.35. The van der Waals surface area contributed by atoms with Crippen LogP contribution in [-0.2, 0) is 10.0 Å². The highest BCUT2D eigenvalue weighted by atomic mass is 79.9. The molecule has 7 heteroatoms. The lowest BCUT2D eigenvalue weighted by molar-refractivity contribution is 0.174. The Morgan fingerprint density at radius 1 is 1.53 bits per heavy atom. The number of benzene rings is 1. The van der Waals surface area contributed by atoms with Gasteiger partial charge >= 0.3 is 0 Å². The minimum Gasteiger partial charge on any atom is -0.398 e. The Hall–Kier alpha value is -0.630. The van der Waals surface area contributed by atoms with Crippen molar-refractivity contribution in [1.29, 1.82) is 0 Å². The second-order valence-corrected chi connectivity index (χ2v) is 6.25. The molecule has 96 valence electrons. The summed E-state index contributed by atoms with van der Waals surface area (Å²) in [5, 5.41) is 9.32. The maximum atomic E-state index is 11.9. The van der Waals surface area contributed by atoms with Crippen molar-refractivity contribution in [1.82, 2.24) is 4.72 Å². The molecule has 4 N–H and O–H groups in total. The molecule has 0 fully saturated rings. The van der Waals surface area contributed by atoms with Crippen LogP contribution in [0.25, 0.3) is 0 Å². The van der Waals surface area contributed by atoms with E-state index >= 15 is 0 Å². The first-order valence-corrected chi connectivity index (χ1v) is 7.37. The van der Waals surface area contributed by atoms with E-state index in [-0.39, 0.29) is 17.1 Å². The summed E-state index contributed by atoms with van der Waals surface area (Å²) in [7, 11) is -3.68. The van der Waals surface area contributed by atoms with Gasteiger partial charge in [0.2, 0.25) is 10.0 Å². The molecule has 1 unspecified atom stereocenters. The summed E-state index contributed by atoms with van der Waals surface area (Å²) in [5.74, 6) is 0. The highest BCUT2D eigenvalue weighted by molar-refractivity contribution is 9.10. The first-order valence-electron chi connectivity index (χ1n) is 5.09. The van der Waals surface area contributed by atoms with Crippen molar-refractivity contribution < 1.29 is 13.5 Å². The largest absolute Gasteiger partial charge is 0.398 e. The fraction of sp³-hybridized carbons (Fsp3) is 0.400. The molecule has 5 nitrogen and oxygen atoms in total. The van der Waals surface area contributed by atoms with Crippen LogP contribution in [0.2, 0.25) is 0 Å². The highest BCUT2D eigenvalue weighted by Gasteiger charge is 2.18. The Kier molecular flexibility index (Phi) is 4.93. The van der Waals surface area contributed by atoms with Crippen LogP contribution < -0.4 is 10.5 Å². The number of rotatable bonds is 5. The molecule has 0 saturated carbocycles. The Labute approximate surface area is 109 Å². The van der Waals surface area contributed by atoms with Gasteiger partial charge in [-0.15, -0.1) is 0 Å². The number of halogens is 1. The third kappa shape index (κ3) is 3.95. The summed E-state index contributed by atoms with van der Waals surface area (Å²) in [6, 6.07) is 4.60. The number of nitrogens with two attached hydrogens (primary N) is 1. The summed E-state index contributed by atoms with van der Waals surface area (Å²) in [4.78, 5) is 0.00942. The third-order valence-electron chi connectivity index (χ3n) is 2.25. The molecule has 0 saturated heterocycles. The third-order valence-corrected chi connectivity index (χ3v) is 4.22. The van der Waals surface area contributed by atoms with Gasteiger partial charge in [-0.1, -0.05) is 22.9 Å². The summed E-state index contributed by atoms with van der Waals surface area (Å²) >= 11 is 3.19. The SMILES string of the molecule is CCC(O)CNS(=O)(=O)c1cc(Br)ccc1N. The van der Waals surface area contributed by atoms with E-state index in [9.17, 15) is 13.5 Å². The number of aliphatic hydroxyl groups excluding tert-OH is 1. The van der Waals surface area contributed by atoms with Crippen molar-refractivity contribution >= 4 is 31.6 Å². The molecule has 1 rings (SSSR count). The second-order valence-electron chi connectivity index (χ2n) is 3.60. The first kappa shape index (κ1) is 14.4. The molecule has 1 aromatic rings. The van der Waals surface area contributed by atoms with Gasteiger partial charge in [-0.05, 0) is 24.6 Å². The average Bonchev–Trinajstić information content (AvgIpc) is 2.29. The van der Waals surface area contributed by atoms with Crippen LogP contribution in [0, 0.1) is 0 Å². The Morgan fingerprint density at radius 3 is 2.76 bits per heavy atom. The molecule has 1 atom stereocenters. The molecular formula is C10H15BrN2O3S. The lowest BCUT2D eigenvalue weighted by Gasteiger charge is -2.12. The molecule has 0 heterocycles. The lowest BCUT2D eigenvalue weighted by atomic mass is 10.3. The van der Waals surface area contributed by atoms with Crippen LogP contribution in [-0.4, -0.2) is 26.2 Å². The van der Waals surface area contributed by atoms with Crippen LogP contribution in [0.5, 0.6) is 0 Å². The standard InChI is InChI=1S/C10H15BrN2O3S/c1-2-8(14)6-13-17(15,16)10-5-7(11)3-4-9(10)12/h3-5,8,13-14H,2,6,12H2,1H3. The van der Waals surface area contributed by atoms with Gasteiger partial charge in [0.15, 0.2) is 0 Å². The van der Waals surface area contributed by atoms with Crippen molar-refractivity contribution in [2.24, 2.45) is 0 Å². The van der Waals surface area contributed by atoms with Crippen LogP contribution in [0.4, 0.5) is 5.69 Å². The highest BCUT2D eigenvalue weighted by Crippen LogP contribution is 2.22. The molecule has 0 aliphatic heterocycles. The fourth-order valence-corrected chi connectivity index (χ4v) is 2.91. The molecule has 0 radical (unpaired) electrons. The number of anilines is 1. The molecule has 0 aromatic heterocycles. The van der Waals surface area contributed by atoms with Gasteiger partial charge in [0.1, 0.15) is 4.90 Å². The number of hydrogen-bond donors (Lipinski definition) is 3. The van der Waals surface area contributed by atoms with E-state index in [1.165, 1.54) is 12.1 Å². The van der Waals surface area contributed by atoms with E-state index in [4.69, 9.17) is 5.73 Å². The van der Waals surface area contributed by atoms with Gasteiger partial charge in [-0.2, -0.15) is 0 Å². The zero-order valence-corrected chi connectivity index (χ0v) is 11.8. The Bertz CT molecular complexity index is 490. The van der Waals surface area contributed by atoms with Crippen LogP contribution in [0.3, 0.4) is 0 Å². The van der Waals surface area contributed by atoms with Crippen molar-refractivity contribution in [3.8, 4) is 0 Å². The quantitative estimate of drug-likeness (QED) is 0.707. The van der Waals surface area contributed by atoms with Gasteiger partial charge in [-0.25, -0.2) is 13.1 Å². The average molecular weight is 323 g/mol. The van der Waals surface area contributed by atoms with Gasteiger partial charge in [0.25, 0.3) is 0 Å². The van der Waals surface area contributed by atoms with E-state index in [2.05, 4.69) is 20.7 Å². The van der Waals surface area contributed by atoms with Gasteiger partial charge < -0.3 is 10.8 Å². The number of nitrogen functional groups attached to an aromatic ring is 1. The minimum atomic E-state index is -3.68. The summed E-state index contributed by atoms with van der Waals surface area (Å²) in [6.07, 6.45) is -0.214. The van der Waals surface area contributed by atoms with Gasteiger partial charge in [-0.3, -0.25) is 0 Å². The van der Waals surface area contributed by atoms with Crippen LogP contribution >= 0.6 is 15.9 Å². The number of nitrogens with one attached hydrogen (secondary N) is 1. The topological polar surface area (TPSA) is 92.4 Å². The van der Waals surface area contributed by atoms with E-state index in [0.29, 0.717) is 10.9 Å². The summed E-state index contributed by atoms with van der Waals surface area (Å²) < 4.78 is 26.7. The maximum Gasteiger partial charge on any atom is 0.242 e. The first-order chi connectivity index (χ1) is 7.86. The van der Waals surface area contributed by atoms with E-state index in [1.807, 2.05) is 0 Å². The van der Waals surface area contributed by atoms with Crippen LogP contribution in [0.1, 0.15) is 13.3 Å². The predicted octanol–water partition coefficient (Wildman–Crippen LogP) is 1.08. The predicted molar refractivity (Wildman–Crippen MR) is 70.0 cm³/mol. The van der Waals surface area contributed by atoms with Gasteiger partial charge in [0.05, 0.1) is 11.8 Å². The van der Waals surface area contributed by atoms with Crippen molar-refractivity contribution in [2.45, 2.75) is 24.3 Å². The lowest BCUT2D eigenvalue weighted by Crippen LogP contribution is -2.32. The van der Waals surface area contributed by atoms with Gasteiger partial charge in [0, 0.05) is 11.0 Å². The summed E-state index contributed by atoms with van der Waals surface area (Å²) in [5.41, 5.74) is 5.78. The smallest absolute Gasteiger partial charge is 0.242 e. The van der Waals surface area contributed by atoms with Crippen molar-refractivity contribution in [2.75, 3.05) is 12.3 Å². The molecule has 1 aromatic carbocycles. The van der Waals surface area contributed by atoms with E-state index in [0.717, 1.165) is 0 Å². The molecular weight excluding hydrogens is 308 g/mol. The van der Waals surface area contributed by atoms with Crippen molar-refractivity contribution in [3.05, 3.63) is 22.7 Å². The zero-order chi connectivity index (χ0) is 13.1. The van der Waals surface area contributed by atoms with Crippen molar-refractivity contribution in [3.63, 3.8) is 0 Å². The second kappa shape index (κ2) is 5.81. The molecule has 0 spiro atoms. The summed E-state index contributed by atoms with van der Waals surface area (Å²) in [6.45, 7) is 1.75. The fourth-order valence-electron chi connectivity index (χ4n) is 1.17. The molecule has 0 amide bonds. The molecule has 0 aliphatic carbocycles. The molecule has 17 heavy (non-hydrogen) atoms. The normalized spacial score (nSPS) is 13.6. The van der Waals surface area contributed by atoms with E-state index < -0.39 is 16.1 Å². The number of aliphatic hydroxyl groups is 1. The minimum absolute atomic E-state index is 0.00942. The Balaban J connectivity index is 2.93. The van der Waals surface area contributed by atoms with E-state index in [1.54, 1.807) is 13.0 Å². The van der Waals surface area contributed by atoms with Crippen LogP contribution in [0.15, 0.2) is 27.6 Å². The maximum absolute atomic E-state index is 11.9. The molecule has 0 aliphatic rings. The number of sulfonamides is 1. The molecule has 0 bridgehead atoms. The Morgan fingerprint density at radius 2 is 2.18 bits per heavy atom. The number of hydrogen-bond acceptors (Lipinski definition) is 4.